The molecule has 0 spiro atoms. The van der Waals surface area contributed by atoms with Gasteiger partial charge in [-0.25, -0.2) is 18.0 Å². The van der Waals surface area contributed by atoms with E-state index in [1.54, 1.807) is 10.6 Å². The van der Waals surface area contributed by atoms with Crippen LogP contribution in [0.1, 0.15) is 6.92 Å². The first-order valence-electron chi connectivity index (χ1n) is 4.71. The maximum absolute atomic E-state index is 13.1. The highest BCUT2D eigenvalue weighted by atomic mass is 35.5. The first kappa shape index (κ1) is 14.3. The third-order valence-corrected chi connectivity index (χ3v) is 2.04. The Labute approximate surface area is 105 Å². The summed E-state index contributed by atoms with van der Waals surface area (Å²) in [4.78, 5) is 22.2. The van der Waals surface area contributed by atoms with E-state index in [0.29, 0.717) is 12.1 Å². The highest BCUT2D eigenvalue weighted by Gasteiger charge is 2.16. The van der Waals surface area contributed by atoms with Crippen LogP contribution in [-0.2, 0) is 4.79 Å². The molecular formula is C10H8ClF3N2O2. The number of benzene rings is 1. The summed E-state index contributed by atoms with van der Waals surface area (Å²) in [6.45, 7) is 1.31. The molecule has 3 amide bonds. The SMILES string of the molecule is CC(Cl)C(=O)NC(=O)Nc1cc(F)cc(F)c1F. The highest BCUT2D eigenvalue weighted by molar-refractivity contribution is 6.31. The number of alkyl halides is 1. The van der Waals surface area contributed by atoms with Crippen molar-refractivity contribution in [1.82, 2.24) is 5.32 Å². The smallest absolute Gasteiger partial charge is 0.305 e. The van der Waals surface area contributed by atoms with Crippen LogP contribution in [0, 0.1) is 17.5 Å². The van der Waals surface area contributed by atoms with Gasteiger partial charge >= 0.3 is 6.03 Å². The van der Waals surface area contributed by atoms with Crippen molar-refractivity contribution in [2.45, 2.75) is 12.3 Å². The average Bonchev–Trinajstić information content (AvgIpc) is 2.24. The van der Waals surface area contributed by atoms with E-state index in [1.165, 1.54) is 6.92 Å². The zero-order chi connectivity index (χ0) is 13.9. The minimum absolute atomic E-state index is 0.324. The number of imide groups is 1. The van der Waals surface area contributed by atoms with Crippen LogP contribution in [-0.4, -0.2) is 17.3 Å². The molecule has 0 aliphatic rings. The fraction of sp³-hybridized carbons (Fsp3) is 0.200. The zero-order valence-electron chi connectivity index (χ0n) is 9.06. The Kier molecular flexibility index (Phi) is 4.55. The van der Waals surface area contributed by atoms with Gasteiger partial charge in [0.15, 0.2) is 11.6 Å². The molecule has 2 N–H and O–H groups in total. The topological polar surface area (TPSA) is 58.2 Å². The van der Waals surface area contributed by atoms with Gasteiger partial charge in [0.2, 0.25) is 5.91 Å². The third kappa shape index (κ3) is 3.63. The van der Waals surface area contributed by atoms with E-state index in [4.69, 9.17) is 11.6 Å². The molecule has 0 aromatic heterocycles. The number of hydrogen-bond donors (Lipinski definition) is 2. The Morgan fingerprint density at radius 1 is 1.28 bits per heavy atom. The Bertz CT molecular complexity index is 494. The second-order valence-corrected chi connectivity index (χ2v) is 3.96. The van der Waals surface area contributed by atoms with Crippen LogP contribution in [0.15, 0.2) is 12.1 Å². The normalized spacial score (nSPS) is 11.8. The summed E-state index contributed by atoms with van der Waals surface area (Å²) in [5.74, 6) is -4.78. The first-order valence-corrected chi connectivity index (χ1v) is 5.15. The molecule has 1 aromatic carbocycles. The van der Waals surface area contributed by atoms with Crippen molar-refractivity contribution in [3.63, 3.8) is 0 Å². The molecule has 98 valence electrons. The van der Waals surface area contributed by atoms with Crippen LogP contribution in [0.5, 0.6) is 0 Å². The van der Waals surface area contributed by atoms with E-state index < -0.39 is 40.5 Å². The van der Waals surface area contributed by atoms with E-state index >= 15 is 0 Å². The van der Waals surface area contributed by atoms with Gasteiger partial charge in [0.05, 0.1) is 5.69 Å². The summed E-state index contributed by atoms with van der Waals surface area (Å²) in [6, 6.07) is -0.242. The predicted octanol–water partition coefficient (Wildman–Crippen LogP) is 2.38. The molecule has 1 rings (SSSR count). The van der Waals surface area contributed by atoms with E-state index in [9.17, 15) is 22.8 Å². The van der Waals surface area contributed by atoms with Crippen LogP contribution in [0.4, 0.5) is 23.7 Å². The van der Waals surface area contributed by atoms with Gasteiger partial charge in [-0.15, -0.1) is 11.6 Å². The van der Waals surface area contributed by atoms with Crippen molar-refractivity contribution in [1.29, 1.82) is 0 Å². The van der Waals surface area contributed by atoms with Crippen molar-refractivity contribution in [3.05, 3.63) is 29.6 Å². The van der Waals surface area contributed by atoms with Gasteiger partial charge in [0.1, 0.15) is 11.2 Å². The molecule has 18 heavy (non-hydrogen) atoms. The number of nitrogens with one attached hydrogen (secondary N) is 2. The van der Waals surface area contributed by atoms with E-state index in [0.717, 1.165) is 0 Å². The van der Waals surface area contributed by atoms with Gasteiger partial charge in [-0.2, -0.15) is 0 Å². The quantitative estimate of drug-likeness (QED) is 0.645. The van der Waals surface area contributed by atoms with E-state index in [2.05, 4.69) is 0 Å². The van der Waals surface area contributed by atoms with Crippen molar-refractivity contribution in [2.75, 3.05) is 5.32 Å². The number of carbonyl (C=O) groups excluding carboxylic acids is 2. The maximum atomic E-state index is 13.1. The van der Waals surface area contributed by atoms with Gasteiger partial charge in [-0.05, 0) is 6.92 Å². The minimum Gasteiger partial charge on any atom is -0.305 e. The molecule has 4 nitrogen and oxygen atoms in total. The molecule has 0 bridgehead atoms. The van der Waals surface area contributed by atoms with Crippen LogP contribution in [0.2, 0.25) is 0 Å². The van der Waals surface area contributed by atoms with E-state index in [1.807, 2.05) is 0 Å². The van der Waals surface area contributed by atoms with Crippen molar-refractivity contribution in [3.8, 4) is 0 Å². The Balaban J connectivity index is 2.79. The number of anilines is 1. The highest BCUT2D eigenvalue weighted by Crippen LogP contribution is 2.18. The zero-order valence-corrected chi connectivity index (χ0v) is 9.82. The van der Waals surface area contributed by atoms with Crippen molar-refractivity contribution >= 4 is 29.2 Å². The molecule has 1 atom stereocenters. The van der Waals surface area contributed by atoms with Gasteiger partial charge in [0, 0.05) is 12.1 Å². The number of hydrogen-bond acceptors (Lipinski definition) is 2. The number of urea groups is 1. The second-order valence-electron chi connectivity index (χ2n) is 3.31. The molecule has 0 saturated carbocycles. The van der Waals surface area contributed by atoms with Crippen molar-refractivity contribution in [2.24, 2.45) is 0 Å². The fourth-order valence-corrected chi connectivity index (χ4v) is 1.07. The molecule has 0 heterocycles. The Morgan fingerprint density at radius 3 is 2.44 bits per heavy atom. The lowest BCUT2D eigenvalue weighted by Crippen LogP contribution is -2.38. The van der Waals surface area contributed by atoms with Gasteiger partial charge in [0.25, 0.3) is 0 Å². The lowest BCUT2D eigenvalue weighted by molar-refractivity contribution is -0.119. The second kappa shape index (κ2) is 5.72. The molecule has 0 saturated heterocycles. The molecule has 1 unspecified atom stereocenters. The van der Waals surface area contributed by atoms with Gasteiger partial charge in [-0.3, -0.25) is 10.1 Å². The molecule has 1 aromatic rings. The molecule has 8 heteroatoms. The summed E-state index contributed by atoms with van der Waals surface area (Å²) in [5, 5.41) is 2.57. The molecule has 0 fully saturated rings. The summed E-state index contributed by atoms with van der Waals surface area (Å²) in [7, 11) is 0. The summed E-state index contributed by atoms with van der Waals surface area (Å²) in [6.07, 6.45) is 0. The van der Waals surface area contributed by atoms with Gasteiger partial charge < -0.3 is 5.32 Å². The van der Waals surface area contributed by atoms with E-state index in [-0.39, 0.29) is 0 Å². The van der Waals surface area contributed by atoms with Crippen LogP contribution in [0.25, 0.3) is 0 Å². The minimum atomic E-state index is -1.46. The Morgan fingerprint density at radius 2 is 1.89 bits per heavy atom. The molecule has 0 aliphatic heterocycles. The molecule has 0 aliphatic carbocycles. The van der Waals surface area contributed by atoms with Crippen LogP contribution in [0.3, 0.4) is 0 Å². The van der Waals surface area contributed by atoms with Gasteiger partial charge in [-0.1, -0.05) is 0 Å². The fourth-order valence-electron chi connectivity index (χ4n) is 1.01. The number of carbonyl (C=O) groups is 2. The summed E-state index contributed by atoms with van der Waals surface area (Å²) < 4.78 is 38.7. The predicted molar refractivity (Wildman–Crippen MR) is 58.8 cm³/mol. The average molecular weight is 281 g/mol. The molecular weight excluding hydrogens is 273 g/mol. The lowest BCUT2D eigenvalue weighted by Gasteiger charge is -2.08. The monoisotopic (exact) mass is 280 g/mol. The standard InChI is InChI=1S/C10H8ClF3N2O2/c1-4(11)9(17)16-10(18)15-7-3-5(12)2-6(13)8(7)14/h2-4H,1H3,(H2,15,16,17,18). The Hall–Kier alpha value is -1.76. The first-order chi connectivity index (χ1) is 8.31. The third-order valence-electron chi connectivity index (χ3n) is 1.84. The van der Waals surface area contributed by atoms with Crippen LogP contribution >= 0.6 is 11.6 Å². The largest absolute Gasteiger partial charge is 0.326 e. The number of rotatable bonds is 2. The summed E-state index contributed by atoms with van der Waals surface area (Å²) in [5.41, 5.74) is -0.722. The molecule has 0 radical (unpaired) electrons. The maximum Gasteiger partial charge on any atom is 0.326 e. The van der Waals surface area contributed by atoms with Crippen LogP contribution < -0.4 is 10.6 Å². The summed E-state index contributed by atoms with van der Waals surface area (Å²) >= 11 is 5.37. The number of amides is 3. The number of halogens is 4. The lowest BCUT2D eigenvalue weighted by atomic mass is 10.3. The van der Waals surface area contributed by atoms with Crippen molar-refractivity contribution < 1.29 is 22.8 Å².